The highest BCUT2D eigenvalue weighted by Gasteiger charge is 2.24. The van der Waals surface area contributed by atoms with E-state index in [1.807, 2.05) is 25.1 Å². The summed E-state index contributed by atoms with van der Waals surface area (Å²) >= 11 is 0. The van der Waals surface area contributed by atoms with Crippen LogP contribution in [0.4, 0.5) is 5.69 Å². The molecular formula is C23H32IN5O3. The number of hydrogen-bond donors (Lipinski definition) is 2. The normalized spacial score (nSPS) is 15.0. The van der Waals surface area contributed by atoms with Gasteiger partial charge in [-0.15, -0.1) is 24.0 Å². The standard InChI is InChI=1S/C23H31N5O3.HI/c1-3-24-23(25-16-18-8-6-10-20(14-18)28(29)30)26-17-22(27-12-4-5-13-27)19-9-7-11-21(15-19)31-2;/h6-11,14-15,22H,3-5,12-13,16-17H2,1-2H3,(H2,24,25,26);1H. The predicted molar refractivity (Wildman–Crippen MR) is 138 cm³/mol. The van der Waals surface area contributed by atoms with Crippen LogP contribution in [-0.2, 0) is 6.54 Å². The number of benzene rings is 2. The zero-order chi connectivity index (χ0) is 22.1. The number of aliphatic imine (C=N–C) groups is 1. The number of ether oxygens (including phenoxy) is 1. The average molecular weight is 553 g/mol. The number of rotatable bonds is 9. The van der Waals surface area contributed by atoms with Gasteiger partial charge in [0.1, 0.15) is 5.75 Å². The molecule has 0 bridgehead atoms. The first-order chi connectivity index (χ1) is 15.1. The molecule has 1 aliphatic heterocycles. The molecule has 32 heavy (non-hydrogen) atoms. The van der Waals surface area contributed by atoms with Gasteiger partial charge < -0.3 is 15.4 Å². The maximum absolute atomic E-state index is 11.0. The largest absolute Gasteiger partial charge is 0.497 e. The molecule has 9 heteroatoms. The Morgan fingerprint density at radius 2 is 1.94 bits per heavy atom. The molecular weight excluding hydrogens is 521 g/mol. The molecule has 2 aromatic carbocycles. The first kappa shape index (κ1) is 25.9. The van der Waals surface area contributed by atoms with Gasteiger partial charge in [0.15, 0.2) is 5.96 Å². The molecule has 0 aromatic heterocycles. The van der Waals surface area contributed by atoms with E-state index >= 15 is 0 Å². The van der Waals surface area contributed by atoms with Crippen molar-refractivity contribution < 1.29 is 9.66 Å². The third-order valence-corrected chi connectivity index (χ3v) is 5.41. The van der Waals surface area contributed by atoms with Gasteiger partial charge in [-0.25, -0.2) is 4.99 Å². The molecule has 0 amide bonds. The van der Waals surface area contributed by atoms with Gasteiger partial charge in [0.2, 0.25) is 0 Å². The molecule has 1 atom stereocenters. The second kappa shape index (κ2) is 13.2. The Balaban J connectivity index is 0.00000363. The Hall–Kier alpha value is -2.40. The summed E-state index contributed by atoms with van der Waals surface area (Å²) in [7, 11) is 1.69. The number of nitro benzene ring substituents is 1. The number of nitrogens with zero attached hydrogens (tertiary/aromatic N) is 3. The van der Waals surface area contributed by atoms with Crippen molar-refractivity contribution in [2.45, 2.75) is 32.4 Å². The van der Waals surface area contributed by atoms with E-state index in [4.69, 9.17) is 4.74 Å². The number of likely N-dealkylation sites (tertiary alicyclic amines) is 1. The summed E-state index contributed by atoms with van der Waals surface area (Å²) < 4.78 is 5.42. The highest BCUT2D eigenvalue weighted by molar-refractivity contribution is 14.0. The van der Waals surface area contributed by atoms with Crippen LogP contribution < -0.4 is 15.4 Å². The van der Waals surface area contributed by atoms with Gasteiger partial charge in [-0.1, -0.05) is 24.3 Å². The van der Waals surface area contributed by atoms with E-state index in [0.29, 0.717) is 19.0 Å². The SMILES string of the molecule is CCNC(=NCc1cccc([N+](=O)[O-])c1)NCC(c1cccc(OC)c1)N1CCCC1.I. The Morgan fingerprint density at radius 1 is 1.19 bits per heavy atom. The Kier molecular flexibility index (Phi) is 10.7. The number of guanidine groups is 1. The first-order valence-electron chi connectivity index (χ1n) is 10.7. The maximum atomic E-state index is 11.0. The number of nitro groups is 1. The van der Waals surface area contributed by atoms with Crippen LogP contribution in [0.3, 0.4) is 0 Å². The van der Waals surface area contributed by atoms with Crippen molar-refractivity contribution in [1.82, 2.24) is 15.5 Å². The van der Waals surface area contributed by atoms with Gasteiger partial charge in [0.05, 0.1) is 24.6 Å². The van der Waals surface area contributed by atoms with Crippen molar-refractivity contribution >= 4 is 35.6 Å². The second-order valence-corrected chi connectivity index (χ2v) is 7.54. The van der Waals surface area contributed by atoms with Gasteiger partial charge in [-0.2, -0.15) is 0 Å². The van der Waals surface area contributed by atoms with Crippen LogP contribution in [0.5, 0.6) is 5.75 Å². The van der Waals surface area contributed by atoms with Crippen molar-refractivity contribution in [2.24, 2.45) is 4.99 Å². The van der Waals surface area contributed by atoms with Crippen molar-refractivity contribution in [3.05, 3.63) is 69.8 Å². The molecule has 1 heterocycles. The molecule has 0 aliphatic carbocycles. The van der Waals surface area contributed by atoms with E-state index < -0.39 is 0 Å². The predicted octanol–water partition coefficient (Wildman–Crippen LogP) is 4.11. The number of halogens is 1. The fraction of sp³-hybridized carbons (Fsp3) is 0.435. The smallest absolute Gasteiger partial charge is 0.269 e. The summed E-state index contributed by atoms with van der Waals surface area (Å²) in [6.07, 6.45) is 2.42. The summed E-state index contributed by atoms with van der Waals surface area (Å²) in [4.78, 5) is 17.8. The van der Waals surface area contributed by atoms with Crippen LogP contribution >= 0.6 is 24.0 Å². The van der Waals surface area contributed by atoms with Crippen LogP contribution in [0.1, 0.15) is 36.9 Å². The second-order valence-electron chi connectivity index (χ2n) is 7.54. The molecule has 174 valence electrons. The summed E-state index contributed by atoms with van der Waals surface area (Å²) in [5, 5.41) is 17.7. The van der Waals surface area contributed by atoms with Crippen LogP contribution in [-0.4, -0.2) is 49.1 Å². The van der Waals surface area contributed by atoms with E-state index in [1.54, 1.807) is 19.2 Å². The number of hydrogen-bond acceptors (Lipinski definition) is 5. The minimum Gasteiger partial charge on any atom is -0.497 e. The minimum absolute atomic E-state index is 0. The number of non-ortho nitro benzene ring substituents is 1. The lowest BCUT2D eigenvalue weighted by atomic mass is 10.1. The van der Waals surface area contributed by atoms with Crippen LogP contribution in [0, 0.1) is 10.1 Å². The molecule has 1 saturated heterocycles. The topological polar surface area (TPSA) is 92.0 Å². The molecule has 2 N–H and O–H groups in total. The molecule has 2 aromatic rings. The fourth-order valence-corrected chi connectivity index (χ4v) is 3.83. The molecule has 0 radical (unpaired) electrons. The summed E-state index contributed by atoms with van der Waals surface area (Å²) in [5.41, 5.74) is 2.09. The van der Waals surface area contributed by atoms with Crippen LogP contribution in [0.15, 0.2) is 53.5 Å². The third kappa shape index (κ3) is 7.33. The molecule has 1 aliphatic rings. The number of nitrogens with one attached hydrogen (secondary N) is 2. The quantitative estimate of drug-likeness (QED) is 0.160. The first-order valence-corrected chi connectivity index (χ1v) is 10.7. The molecule has 1 fully saturated rings. The molecule has 8 nitrogen and oxygen atoms in total. The van der Waals surface area contributed by atoms with E-state index in [2.05, 4.69) is 32.7 Å². The summed E-state index contributed by atoms with van der Waals surface area (Å²) in [5.74, 6) is 1.55. The molecule has 3 rings (SSSR count). The highest BCUT2D eigenvalue weighted by atomic mass is 127. The van der Waals surface area contributed by atoms with Crippen molar-refractivity contribution in [2.75, 3.05) is 33.3 Å². The Labute approximate surface area is 206 Å². The van der Waals surface area contributed by atoms with Crippen LogP contribution in [0.25, 0.3) is 0 Å². The van der Waals surface area contributed by atoms with Crippen molar-refractivity contribution in [3.8, 4) is 5.75 Å². The lowest BCUT2D eigenvalue weighted by molar-refractivity contribution is -0.384. The fourth-order valence-electron chi connectivity index (χ4n) is 3.83. The third-order valence-electron chi connectivity index (χ3n) is 5.41. The average Bonchev–Trinajstić information content (AvgIpc) is 3.32. The Bertz CT molecular complexity index is 903. The van der Waals surface area contributed by atoms with E-state index in [0.717, 1.165) is 30.9 Å². The van der Waals surface area contributed by atoms with Crippen LogP contribution in [0.2, 0.25) is 0 Å². The molecule has 0 spiro atoms. The van der Waals surface area contributed by atoms with Gasteiger partial charge in [0, 0.05) is 25.2 Å². The summed E-state index contributed by atoms with van der Waals surface area (Å²) in [6, 6.07) is 15.0. The van der Waals surface area contributed by atoms with Gasteiger partial charge >= 0.3 is 0 Å². The number of methoxy groups -OCH3 is 1. The highest BCUT2D eigenvalue weighted by Crippen LogP contribution is 2.27. The van der Waals surface area contributed by atoms with E-state index in [-0.39, 0.29) is 40.6 Å². The van der Waals surface area contributed by atoms with Gasteiger partial charge in [-0.3, -0.25) is 15.0 Å². The zero-order valence-electron chi connectivity index (χ0n) is 18.6. The zero-order valence-corrected chi connectivity index (χ0v) is 21.0. The van der Waals surface area contributed by atoms with Crippen molar-refractivity contribution in [3.63, 3.8) is 0 Å². The monoisotopic (exact) mass is 553 g/mol. The molecule has 0 saturated carbocycles. The minimum atomic E-state index is -0.383. The van der Waals surface area contributed by atoms with Crippen molar-refractivity contribution in [1.29, 1.82) is 0 Å². The van der Waals surface area contributed by atoms with Gasteiger partial charge in [-0.05, 0) is 56.1 Å². The van der Waals surface area contributed by atoms with E-state index in [1.165, 1.54) is 24.5 Å². The van der Waals surface area contributed by atoms with Gasteiger partial charge in [0.25, 0.3) is 5.69 Å². The maximum Gasteiger partial charge on any atom is 0.269 e. The summed E-state index contributed by atoms with van der Waals surface area (Å²) in [6.45, 7) is 5.97. The Morgan fingerprint density at radius 3 is 2.62 bits per heavy atom. The lowest BCUT2D eigenvalue weighted by Gasteiger charge is -2.29. The molecule has 1 unspecified atom stereocenters. The lowest BCUT2D eigenvalue weighted by Crippen LogP contribution is -2.42. The van der Waals surface area contributed by atoms with E-state index in [9.17, 15) is 10.1 Å².